The van der Waals surface area contributed by atoms with E-state index in [4.69, 9.17) is 5.11 Å². The lowest BCUT2D eigenvalue weighted by Crippen LogP contribution is -2.29. The fraction of sp³-hybridized carbons (Fsp3) is 0.357. The quantitative estimate of drug-likeness (QED) is 0.907. The molecule has 6 nitrogen and oxygen atoms in total. The zero-order valence-electron chi connectivity index (χ0n) is 11.8. The van der Waals surface area contributed by atoms with Gasteiger partial charge in [-0.25, -0.2) is 4.79 Å². The molecular weight excluding hydrogens is 258 g/mol. The maximum atomic E-state index is 12.2. The summed E-state index contributed by atoms with van der Waals surface area (Å²) in [5.74, 6) is -1.18. The van der Waals surface area contributed by atoms with Gasteiger partial charge < -0.3 is 9.67 Å². The second kappa shape index (κ2) is 5.32. The summed E-state index contributed by atoms with van der Waals surface area (Å²) in [6, 6.07) is 1.73. The van der Waals surface area contributed by atoms with Gasteiger partial charge in [0.15, 0.2) is 0 Å². The molecule has 0 aliphatic heterocycles. The molecule has 1 N–H and O–H groups in total. The van der Waals surface area contributed by atoms with Crippen molar-refractivity contribution in [3.8, 4) is 0 Å². The number of hydrogen-bond donors (Lipinski definition) is 1. The van der Waals surface area contributed by atoms with Crippen LogP contribution in [-0.4, -0.2) is 25.4 Å². The van der Waals surface area contributed by atoms with E-state index >= 15 is 0 Å². The number of carboxylic acids is 1. The lowest BCUT2D eigenvalue weighted by molar-refractivity contribution is 0.0693. The van der Waals surface area contributed by atoms with E-state index in [1.807, 2.05) is 20.2 Å². The van der Waals surface area contributed by atoms with Crippen LogP contribution in [0.4, 0.5) is 0 Å². The predicted molar refractivity (Wildman–Crippen MR) is 74.0 cm³/mol. The van der Waals surface area contributed by atoms with Crippen LogP contribution in [0.5, 0.6) is 0 Å². The summed E-state index contributed by atoms with van der Waals surface area (Å²) in [5, 5.41) is 13.2. The molecule has 2 rings (SSSR count). The molecule has 2 heterocycles. The van der Waals surface area contributed by atoms with E-state index in [2.05, 4.69) is 5.10 Å². The summed E-state index contributed by atoms with van der Waals surface area (Å²) in [6.07, 6.45) is 4.26. The highest BCUT2D eigenvalue weighted by molar-refractivity contribution is 5.88. The maximum Gasteiger partial charge on any atom is 0.341 e. The first kappa shape index (κ1) is 14.0. The van der Waals surface area contributed by atoms with Crippen molar-refractivity contribution in [3.63, 3.8) is 0 Å². The first-order chi connectivity index (χ1) is 9.40. The van der Waals surface area contributed by atoms with Crippen molar-refractivity contribution in [1.29, 1.82) is 0 Å². The average molecular weight is 275 g/mol. The molecule has 6 heteroatoms. The third-order valence-electron chi connectivity index (χ3n) is 3.30. The zero-order chi connectivity index (χ0) is 14.9. The third-order valence-corrected chi connectivity index (χ3v) is 3.30. The lowest BCUT2D eigenvalue weighted by atomic mass is 10.1. The van der Waals surface area contributed by atoms with Crippen LogP contribution in [0.2, 0.25) is 0 Å². The van der Waals surface area contributed by atoms with Gasteiger partial charge >= 0.3 is 5.97 Å². The second-order valence-corrected chi connectivity index (χ2v) is 4.88. The Bertz CT molecular complexity index is 713. The second-order valence-electron chi connectivity index (χ2n) is 4.88. The van der Waals surface area contributed by atoms with Crippen LogP contribution >= 0.6 is 0 Å². The van der Waals surface area contributed by atoms with Gasteiger partial charge in [-0.1, -0.05) is 0 Å². The number of hydrogen-bond acceptors (Lipinski definition) is 3. The van der Waals surface area contributed by atoms with Crippen molar-refractivity contribution in [1.82, 2.24) is 14.3 Å². The summed E-state index contributed by atoms with van der Waals surface area (Å²) in [6.45, 7) is 3.89. The van der Waals surface area contributed by atoms with Crippen LogP contribution in [-0.2, 0) is 20.0 Å². The van der Waals surface area contributed by atoms with Gasteiger partial charge in [0.2, 0.25) is 0 Å². The van der Waals surface area contributed by atoms with Crippen LogP contribution < -0.4 is 5.56 Å². The summed E-state index contributed by atoms with van der Waals surface area (Å²) in [4.78, 5) is 23.4. The number of aromatic carboxylic acids is 1. The molecule has 106 valence electrons. The van der Waals surface area contributed by atoms with E-state index < -0.39 is 11.5 Å². The molecule has 0 bridgehead atoms. The Morgan fingerprint density at radius 1 is 1.40 bits per heavy atom. The van der Waals surface area contributed by atoms with Crippen molar-refractivity contribution in [3.05, 3.63) is 51.2 Å². The number of carboxylic acid groups (broad SMARTS) is 1. The number of pyridine rings is 1. The molecule has 2 aromatic heterocycles. The first-order valence-electron chi connectivity index (χ1n) is 6.32. The van der Waals surface area contributed by atoms with E-state index in [1.165, 1.54) is 4.57 Å². The maximum absolute atomic E-state index is 12.2. The molecule has 2 aromatic rings. The van der Waals surface area contributed by atoms with Crippen molar-refractivity contribution in [2.75, 3.05) is 0 Å². The minimum Gasteiger partial charge on any atom is -0.477 e. The van der Waals surface area contributed by atoms with Gasteiger partial charge in [0.25, 0.3) is 5.56 Å². The summed E-state index contributed by atoms with van der Waals surface area (Å²) >= 11 is 0. The largest absolute Gasteiger partial charge is 0.477 e. The zero-order valence-corrected chi connectivity index (χ0v) is 11.8. The van der Waals surface area contributed by atoms with Crippen LogP contribution in [0.3, 0.4) is 0 Å². The number of carbonyl (C=O) groups is 1. The Morgan fingerprint density at radius 2 is 2.10 bits per heavy atom. The van der Waals surface area contributed by atoms with Gasteiger partial charge in [-0.2, -0.15) is 5.10 Å². The van der Waals surface area contributed by atoms with Gasteiger partial charge in [0.05, 0.1) is 6.20 Å². The van der Waals surface area contributed by atoms with Crippen LogP contribution in [0.25, 0.3) is 0 Å². The average Bonchev–Trinajstić information content (AvgIpc) is 2.73. The molecule has 20 heavy (non-hydrogen) atoms. The standard InChI is InChI=1S/C14H17N3O3/c1-9-6-10(2)17(13(18)12(9)14(19)20)5-4-11-7-15-16(3)8-11/h6-8H,4-5H2,1-3H3,(H,19,20). The smallest absolute Gasteiger partial charge is 0.341 e. The van der Waals surface area contributed by atoms with Crippen molar-refractivity contribution in [2.45, 2.75) is 26.8 Å². The molecule has 0 aliphatic carbocycles. The number of aryl methyl sites for hydroxylation is 4. The molecule has 0 amide bonds. The van der Waals surface area contributed by atoms with Crippen LogP contribution in [0.15, 0.2) is 23.3 Å². The molecular formula is C14H17N3O3. The lowest BCUT2D eigenvalue weighted by Gasteiger charge is -2.12. The van der Waals surface area contributed by atoms with Crippen molar-refractivity contribution in [2.24, 2.45) is 7.05 Å². The minimum absolute atomic E-state index is 0.151. The van der Waals surface area contributed by atoms with E-state index in [1.54, 1.807) is 23.9 Å². The summed E-state index contributed by atoms with van der Waals surface area (Å²) in [7, 11) is 1.83. The number of nitrogens with zero attached hydrogens (tertiary/aromatic N) is 3. The molecule has 0 aliphatic rings. The first-order valence-corrected chi connectivity index (χ1v) is 6.32. The monoisotopic (exact) mass is 275 g/mol. The van der Waals surface area contributed by atoms with E-state index in [-0.39, 0.29) is 5.56 Å². The minimum atomic E-state index is -1.18. The molecule has 0 fully saturated rings. The Balaban J connectivity index is 2.34. The molecule has 0 atom stereocenters. The number of aromatic nitrogens is 3. The van der Waals surface area contributed by atoms with Crippen molar-refractivity contribution >= 4 is 5.97 Å². The molecule has 0 aromatic carbocycles. The van der Waals surface area contributed by atoms with Gasteiger partial charge in [-0.15, -0.1) is 0 Å². The highest BCUT2D eigenvalue weighted by atomic mass is 16.4. The molecule has 0 saturated heterocycles. The van der Waals surface area contributed by atoms with Crippen LogP contribution in [0.1, 0.15) is 27.2 Å². The Kier molecular flexibility index (Phi) is 3.74. The van der Waals surface area contributed by atoms with Gasteiger partial charge in [-0.3, -0.25) is 9.48 Å². The normalized spacial score (nSPS) is 10.8. The topological polar surface area (TPSA) is 77.1 Å². The van der Waals surface area contributed by atoms with Gasteiger partial charge in [0.1, 0.15) is 5.56 Å². The summed E-state index contributed by atoms with van der Waals surface area (Å²) < 4.78 is 3.20. The Morgan fingerprint density at radius 3 is 2.65 bits per heavy atom. The highest BCUT2D eigenvalue weighted by Gasteiger charge is 2.16. The van der Waals surface area contributed by atoms with Crippen molar-refractivity contribution < 1.29 is 9.90 Å². The van der Waals surface area contributed by atoms with Gasteiger partial charge in [-0.05, 0) is 37.5 Å². The van der Waals surface area contributed by atoms with E-state index in [0.717, 1.165) is 11.3 Å². The highest BCUT2D eigenvalue weighted by Crippen LogP contribution is 2.08. The number of rotatable bonds is 4. The van der Waals surface area contributed by atoms with E-state index in [9.17, 15) is 9.59 Å². The van der Waals surface area contributed by atoms with Crippen LogP contribution in [0, 0.1) is 13.8 Å². The fourth-order valence-electron chi connectivity index (χ4n) is 2.31. The Labute approximate surface area is 116 Å². The molecule has 0 spiro atoms. The molecule has 0 saturated carbocycles. The van der Waals surface area contributed by atoms with Gasteiger partial charge in [0, 0.05) is 25.5 Å². The SMILES string of the molecule is Cc1cc(C)n(CCc2cnn(C)c2)c(=O)c1C(=O)O. The third kappa shape index (κ3) is 2.64. The van der Waals surface area contributed by atoms with E-state index in [0.29, 0.717) is 18.5 Å². The summed E-state index contributed by atoms with van der Waals surface area (Å²) in [5.41, 5.74) is 1.68. The Hall–Kier alpha value is -2.37. The fourth-order valence-corrected chi connectivity index (χ4v) is 2.31. The molecule has 0 radical (unpaired) electrons. The predicted octanol–water partition coefficient (Wildman–Crippen LogP) is 1.14. The molecule has 0 unspecified atom stereocenters.